The first-order valence-corrected chi connectivity index (χ1v) is 6.93. The Hall–Kier alpha value is 0.0748. The van der Waals surface area contributed by atoms with Crippen LogP contribution < -0.4 is 0 Å². The summed E-state index contributed by atoms with van der Waals surface area (Å²) in [5.74, 6) is 0. The second-order valence-corrected chi connectivity index (χ2v) is 4.93. The average molecular weight is 221 g/mol. The van der Waals surface area contributed by atoms with Crippen LogP contribution in [0.25, 0.3) is 0 Å². The SMILES string of the molecule is CCCN1BN(CCC)B(C)N(CCC)B1. The van der Waals surface area contributed by atoms with E-state index in [-0.39, 0.29) is 0 Å². The largest absolute Gasteiger partial charge is 0.363 e. The van der Waals surface area contributed by atoms with Gasteiger partial charge in [0.1, 0.15) is 0 Å². The van der Waals surface area contributed by atoms with Crippen molar-refractivity contribution < 1.29 is 0 Å². The normalized spacial score (nSPS) is 19.6. The molecule has 0 unspecified atom stereocenters. The van der Waals surface area contributed by atoms with E-state index in [1.54, 1.807) is 0 Å². The highest BCUT2D eigenvalue weighted by Gasteiger charge is 2.33. The van der Waals surface area contributed by atoms with Crippen LogP contribution in [0.15, 0.2) is 0 Å². The third-order valence-electron chi connectivity index (χ3n) is 3.38. The minimum absolute atomic E-state index is 0.619. The molecule has 0 atom stereocenters. The van der Waals surface area contributed by atoms with E-state index in [0.717, 1.165) is 15.1 Å². The summed E-state index contributed by atoms with van der Waals surface area (Å²) >= 11 is 0. The van der Waals surface area contributed by atoms with Gasteiger partial charge in [0.15, 0.2) is 0 Å². The molecule has 90 valence electrons. The Morgan fingerprint density at radius 3 is 1.62 bits per heavy atom. The van der Waals surface area contributed by atoms with Crippen LogP contribution in [0.1, 0.15) is 40.0 Å². The predicted molar refractivity (Wildman–Crippen MR) is 76.9 cm³/mol. The van der Waals surface area contributed by atoms with E-state index in [1.807, 2.05) is 0 Å². The van der Waals surface area contributed by atoms with Gasteiger partial charge >= 0.3 is 0 Å². The maximum Gasteiger partial charge on any atom is 0.286 e. The molecule has 1 fully saturated rings. The standard InChI is InChI=1S/C10H26B3N3/c1-5-8-14-11-15(9-6-2)13(4)16(12-14)10-7-3/h11-12H,5-10H2,1-4H3. The van der Waals surface area contributed by atoms with Gasteiger partial charge in [0, 0.05) is 0 Å². The van der Waals surface area contributed by atoms with Crippen LogP contribution in [0.4, 0.5) is 0 Å². The lowest BCUT2D eigenvalue weighted by atomic mass is 9.59. The van der Waals surface area contributed by atoms with E-state index >= 15 is 0 Å². The molecule has 6 heteroatoms. The van der Waals surface area contributed by atoms with E-state index in [2.05, 4.69) is 41.8 Å². The van der Waals surface area contributed by atoms with E-state index in [4.69, 9.17) is 0 Å². The maximum absolute atomic E-state index is 2.61. The Morgan fingerprint density at radius 2 is 1.25 bits per heavy atom. The quantitative estimate of drug-likeness (QED) is 0.613. The summed E-state index contributed by atoms with van der Waals surface area (Å²) in [6.07, 6.45) is 3.77. The molecular formula is C10H26B3N3. The molecule has 0 aromatic rings. The lowest BCUT2D eigenvalue weighted by molar-refractivity contribution is 0.457. The minimum atomic E-state index is 0.619. The van der Waals surface area contributed by atoms with Crippen molar-refractivity contribution in [3.63, 3.8) is 0 Å². The molecule has 0 spiro atoms. The van der Waals surface area contributed by atoms with Crippen LogP contribution >= 0.6 is 0 Å². The van der Waals surface area contributed by atoms with Crippen molar-refractivity contribution in [2.24, 2.45) is 0 Å². The Bertz CT molecular complexity index is 178. The van der Waals surface area contributed by atoms with Gasteiger partial charge in [-0.15, -0.1) is 0 Å². The summed E-state index contributed by atoms with van der Waals surface area (Å²) in [4.78, 5) is 0. The Labute approximate surface area is 103 Å². The lowest BCUT2D eigenvalue weighted by Gasteiger charge is -2.44. The second-order valence-electron chi connectivity index (χ2n) is 4.93. The molecular weight excluding hydrogens is 195 g/mol. The van der Waals surface area contributed by atoms with Gasteiger partial charge in [-0.1, -0.05) is 27.6 Å². The highest BCUT2D eigenvalue weighted by Crippen LogP contribution is 2.10. The van der Waals surface area contributed by atoms with Crippen molar-refractivity contribution in [2.75, 3.05) is 19.6 Å². The predicted octanol–water partition coefficient (Wildman–Crippen LogP) is 0.787. The summed E-state index contributed by atoms with van der Waals surface area (Å²) in [5.41, 5.74) is 0. The summed E-state index contributed by atoms with van der Waals surface area (Å²) in [6.45, 7) is 13.5. The van der Waals surface area contributed by atoms with Gasteiger partial charge in [-0.05, 0) is 38.9 Å². The van der Waals surface area contributed by atoms with Crippen molar-refractivity contribution in [3.8, 4) is 0 Å². The summed E-state index contributed by atoms with van der Waals surface area (Å²) < 4.78 is 7.79. The highest BCUT2D eigenvalue weighted by molar-refractivity contribution is 6.73. The highest BCUT2D eigenvalue weighted by atomic mass is 15.3. The van der Waals surface area contributed by atoms with Crippen LogP contribution in [0.3, 0.4) is 0 Å². The van der Waals surface area contributed by atoms with Gasteiger partial charge in [0.2, 0.25) is 0 Å². The molecule has 0 aromatic heterocycles. The van der Waals surface area contributed by atoms with E-state index in [1.165, 1.54) is 38.9 Å². The monoisotopic (exact) mass is 221 g/mol. The molecule has 1 heterocycles. The molecule has 3 nitrogen and oxygen atoms in total. The second kappa shape index (κ2) is 7.41. The van der Waals surface area contributed by atoms with Crippen LogP contribution in [-0.4, -0.2) is 55.9 Å². The fraction of sp³-hybridized carbons (Fsp3) is 1.00. The smallest absolute Gasteiger partial charge is 0.286 e. The van der Waals surface area contributed by atoms with Gasteiger partial charge in [0.05, 0.1) is 0 Å². The topological polar surface area (TPSA) is 9.72 Å². The number of nitrogens with zero attached hydrogens (tertiary/aromatic N) is 3. The molecule has 0 aliphatic carbocycles. The van der Waals surface area contributed by atoms with Crippen LogP contribution in [0, 0.1) is 0 Å². The van der Waals surface area contributed by atoms with Crippen molar-refractivity contribution in [1.82, 2.24) is 14.2 Å². The van der Waals surface area contributed by atoms with Gasteiger partial charge in [0.25, 0.3) is 22.1 Å². The van der Waals surface area contributed by atoms with Gasteiger partial charge in [-0.3, -0.25) is 0 Å². The number of rotatable bonds is 6. The zero-order valence-corrected chi connectivity index (χ0v) is 11.6. The van der Waals surface area contributed by atoms with Crippen molar-refractivity contribution >= 4 is 22.1 Å². The van der Waals surface area contributed by atoms with Gasteiger partial charge < -0.3 is 14.2 Å². The first-order valence-electron chi connectivity index (χ1n) is 6.93. The minimum Gasteiger partial charge on any atom is -0.363 e. The van der Waals surface area contributed by atoms with Gasteiger partial charge in [-0.25, -0.2) is 0 Å². The first-order chi connectivity index (χ1) is 7.72. The first kappa shape index (κ1) is 14.1. The molecule has 1 aliphatic rings. The molecule has 0 bridgehead atoms. The fourth-order valence-corrected chi connectivity index (χ4v) is 2.57. The molecule has 0 radical (unpaired) electrons. The molecule has 0 aromatic carbocycles. The molecule has 1 aliphatic heterocycles. The fourth-order valence-electron chi connectivity index (χ4n) is 2.57. The Morgan fingerprint density at radius 1 is 0.812 bits per heavy atom. The van der Waals surface area contributed by atoms with E-state index in [0.29, 0.717) is 6.98 Å². The third-order valence-corrected chi connectivity index (χ3v) is 3.38. The van der Waals surface area contributed by atoms with Crippen molar-refractivity contribution in [2.45, 2.75) is 46.9 Å². The van der Waals surface area contributed by atoms with Crippen LogP contribution in [-0.2, 0) is 0 Å². The molecule has 1 saturated heterocycles. The van der Waals surface area contributed by atoms with Crippen molar-refractivity contribution in [3.05, 3.63) is 0 Å². The van der Waals surface area contributed by atoms with Crippen LogP contribution in [0.5, 0.6) is 0 Å². The van der Waals surface area contributed by atoms with Gasteiger partial charge in [-0.2, -0.15) is 0 Å². The number of hydrogen-bond donors (Lipinski definition) is 0. The Balaban J connectivity index is 2.56. The zero-order valence-electron chi connectivity index (χ0n) is 11.6. The molecule has 16 heavy (non-hydrogen) atoms. The van der Waals surface area contributed by atoms with E-state index < -0.39 is 0 Å². The average Bonchev–Trinajstić information content (AvgIpc) is 2.26. The lowest BCUT2D eigenvalue weighted by Crippen LogP contribution is -2.66. The molecule has 0 saturated carbocycles. The summed E-state index contributed by atoms with van der Waals surface area (Å²) in [5, 5.41) is 0. The molecule has 1 rings (SSSR count). The third kappa shape index (κ3) is 3.83. The summed E-state index contributed by atoms with van der Waals surface area (Å²) in [6, 6.07) is 0. The zero-order chi connectivity index (χ0) is 12.0. The molecule has 0 N–H and O–H groups in total. The number of hydrogen-bond acceptors (Lipinski definition) is 3. The maximum atomic E-state index is 2.61. The van der Waals surface area contributed by atoms with E-state index in [9.17, 15) is 0 Å². The van der Waals surface area contributed by atoms with Crippen LogP contribution in [0.2, 0.25) is 6.82 Å². The van der Waals surface area contributed by atoms with Crippen molar-refractivity contribution in [1.29, 1.82) is 0 Å². The molecule has 0 amide bonds. The summed E-state index contributed by atoms with van der Waals surface area (Å²) in [7, 11) is 2.31. The Kier molecular flexibility index (Phi) is 6.55.